The van der Waals surface area contributed by atoms with Gasteiger partial charge < -0.3 is 15.4 Å². The van der Waals surface area contributed by atoms with Crippen LogP contribution in [0.1, 0.15) is 39.2 Å². The van der Waals surface area contributed by atoms with Gasteiger partial charge in [-0.1, -0.05) is 39.3 Å². The molecule has 0 aliphatic rings. The Hall–Kier alpha value is -1.71. The van der Waals surface area contributed by atoms with Gasteiger partial charge in [-0.2, -0.15) is 0 Å². The summed E-state index contributed by atoms with van der Waals surface area (Å²) in [5.41, 5.74) is 1.30. The highest BCUT2D eigenvalue weighted by atomic mass is 16.5. The minimum absolute atomic E-state index is 0.0225. The number of hydrogen-bond donors (Lipinski definition) is 2. The predicted octanol–water partition coefficient (Wildman–Crippen LogP) is 2.94. The summed E-state index contributed by atoms with van der Waals surface area (Å²) in [6, 6.07) is 8.25. The van der Waals surface area contributed by atoms with E-state index >= 15 is 0 Å². The number of hydrogen-bond acceptors (Lipinski definition) is 2. The van der Waals surface area contributed by atoms with Crippen LogP contribution < -0.4 is 15.4 Å². The Balaban J connectivity index is 2.57. The van der Waals surface area contributed by atoms with Gasteiger partial charge in [-0.15, -0.1) is 0 Å². The van der Waals surface area contributed by atoms with Crippen LogP contribution in [-0.4, -0.2) is 33.2 Å². The molecule has 4 heteroatoms. The Morgan fingerprint density at radius 3 is 2.38 bits per heavy atom. The van der Waals surface area contributed by atoms with E-state index in [1.54, 1.807) is 7.11 Å². The number of unbranched alkanes of at least 4 members (excludes halogenated alkanes) is 1. The van der Waals surface area contributed by atoms with Crippen molar-refractivity contribution in [2.45, 2.75) is 39.0 Å². The molecule has 0 spiro atoms. The Bertz CT molecular complexity index is 438. The molecule has 2 N–H and O–H groups in total. The van der Waals surface area contributed by atoms with E-state index in [0.717, 1.165) is 31.2 Å². The summed E-state index contributed by atoms with van der Waals surface area (Å²) in [5.74, 6) is 1.75. The maximum Gasteiger partial charge on any atom is 0.191 e. The lowest BCUT2D eigenvalue weighted by Crippen LogP contribution is -2.43. The molecule has 0 aliphatic heterocycles. The van der Waals surface area contributed by atoms with Crippen molar-refractivity contribution < 1.29 is 4.74 Å². The molecule has 0 aliphatic carbocycles. The highest BCUT2D eigenvalue weighted by molar-refractivity contribution is 5.79. The van der Waals surface area contributed by atoms with Crippen molar-refractivity contribution in [3.8, 4) is 5.75 Å². The van der Waals surface area contributed by atoms with Crippen molar-refractivity contribution >= 4 is 5.96 Å². The lowest BCUT2D eigenvalue weighted by molar-refractivity contribution is 0.414. The molecule has 0 saturated carbocycles. The molecule has 0 unspecified atom stereocenters. The Morgan fingerprint density at radius 1 is 1.19 bits per heavy atom. The third kappa shape index (κ3) is 5.66. The Morgan fingerprint density at radius 2 is 1.86 bits per heavy atom. The molecule has 1 aromatic rings. The van der Waals surface area contributed by atoms with Gasteiger partial charge in [0.25, 0.3) is 0 Å². The molecular formula is C17H29N3O. The lowest BCUT2D eigenvalue weighted by atomic mass is 9.84. The number of methoxy groups -OCH3 is 1. The normalized spacial score (nSPS) is 12.1. The number of aliphatic imine (C=N–C) groups is 1. The van der Waals surface area contributed by atoms with E-state index in [9.17, 15) is 0 Å². The molecule has 21 heavy (non-hydrogen) atoms. The van der Waals surface area contributed by atoms with E-state index in [1.807, 2.05) is 19.2 Å². The third-order valence-electron chi connectivity index (χ3n) is 3.62. The average molecular weight is 291 g/mol. The zero-order valence-corrected chi connectivity index (χ0v) is 14.0. The van der Waals surface area contributed by atoms with Crippen LogP contribution in [0.5, 0.6) is 5.75 Å². The van der Waals surface area contributed by atoms with Gasteiger partial charge in [0, 0.05) is 25.6 Å². The van der Waals surface area contributed by atoms with E-state index < -0.39 is 0 Å². The van der Waals surface area contributed by atoms with Crippen molar-refractivity contribution in [1.82, 2.24) is 10.6 Å². The van der Waals surface area contributed by atoms with Crippen LogP contribution in [-0.2, 0) is 5.41 Å². The van der Waals surface area contributed by atoms with Crippen molar-refractivity contribution in [2.24, 2.45) is 4.99 Å². The summed E-state index contributed by atoms with van der Waals surface area (Å²) >= 11 is 0. The van der Waals surface area contributed by atoms with Gasteiger partial charge in [0.2, 0.25) is 0 Å². The van der Waals surface area contributed by atoms with Gasteiger partial charge in [-0.3, -0.25) is 4.99 Å². The number of nitrogens with zero attached hydrogens (tertiary/aromatic N) is 1. The van der Waals surface area contributed by atoms with E-state index in [2.05, 4.69) is 48.5 Å². The van der Waals surface area contributed by atoms with Crippen molar-refractivity contribution in [3.05, 3.63) is 29.8 Å². The summed E-state index contributed by atoms with van der Waals surface area (Å²) in [7, 11) is 3.50. The molecule has 118 valence electrons. The summed E-state index contributed by atoms with van der Waals surface area (Å²) in [6.07, 6.45) is 2.34. The van der Waals surface area contributed by atoms with Gasteiger partial charge in [0.15, 0.2) is 5.96 Å². The number of guanidine groups is 1. The van der Waals surface area contributed by atoms with Gasteiger partial charge in [-0.05, 0) is 24.1 Å². The number of nitrogens with one attached hydrogen (secondary N) is 2. The zero-order valence-electron chi connectivity index (χ0n) is 14.0. The molecule has 0 fully saturated rings. The van der Waals surface area contributed by atoms with Gasteiger partial charge in [-0.25, -0.2) is 0 Å². The smallest absolute Gasteiger partial charge is 0.191 e. The monoisotopic (exact) mass is 291 g/mol. The fourth-order valence-corrected chi connectivity index (χ4v) is 2.05. The van der Waals surface area contributed by atoms with Crippen LogP contribution in [0, 0.1) is 0 Å². The minimum Gasteiger partial charge on any atom is -0.497 e. The molecule has 0 radical (unpaired) electrons. The number of ether oxygens (including phenoxy) is 1. The van der Waals surface area contributed by atoms with Crippen LogP contribution in [0.2, 0.25) is 0 Å². The molecule has 0 amide bonds. The first-order valence-electron chi connectivity index (χ1n) is 7.62. The van der Waals surface area contributed by atoms with Crippen LogP contribution >= 0.6 is 0 Å². The molecule has 0 bridgehead atoms. The molecule has 0 atom stereocenters. The van der Waals surface area contributed by atoms with E-state index in [1.165, 1.54) is 12.0 Å². The Kier molecular flexibility index (Phi) is 7.06. The second-order valence-corrected chi connectivity index (χ2v) is 5.82. The van der Waals surface area contributed by atoms with E-state index in [-0.39, 0.29) is 5.41 Å². The maximum absolute atomic E-state index is 5.21. The quantitative estimate of drug-likeness (QED) is 0.461. The summed E-state index contributed by atoms with van der Waals surface area (Å²) in [4.78, 5) is 4.26. The molecule has 0 aromatic heterocycles. The first-order valence-corrected chi connectivity index (χ1v) is 7.62. The molecule has 1 aromatic carbocycles. The standard InChI is InChI=1S/C17H29N3O/c1-6-7-12-19-16(18-4)20-13-17(2,3)14-8-10-15(21-5)11-9-14/h8-11H,6-7,12-13H2,1-5H3,(H2,18,19,20). The van der Waals surface area contributed by atoms with Crippen LogP contribution in [0.4, 0.5) is 0 Å². The highest BCUT2D eigenvalue weighted by Crippen LogP contribution is 2.24. The summed E-state index contributed by atoms with van der Waals surface area (Å²) < 4.78 is 5.21. The largest absolute Gasteiger partial charge is 0.497 e. The number of benzene rings is 1. The van der Waals surface area contributed by atoms with E-state index in [4.69, 9.17) is 4.74 Å². The summed E-state index contributed by atoms with van der Waals surface area (Å²) in [5, 5.41) is 6.73. The second-order valence-electron chi connectivity index (χ2n) is 5.82. The fourth-order valence-electron chi connectivity index (χ4n) is 2.05. The summed E-state index contributed by atoms with van der Waals surface area (Å²) in [6.45, 7) is 8.41. The Labute approximate surface area is 129 Å². The third-order valence-corrected chi connectivity index (χ3v) is 3.62. The first-order chi connectivity index (χ1) is 10.0. The average Bonchev–Trinajstić information content (AvgIpc) is 2.50. The SMILES string of the molecule is CCCCNC(=NC)NCC(C)(C)c1ccc(OC)cc1. The van der Waals surface area contributed by atoms with Gasteiger partial charge >= 0.3 is 0 Å². The predicted molar refractivity (Wildman–Crippen MR) is 90.3 cm³/mol. The van der Waals surface area contributed by atoms with Crippen molar-refractivity contribution in [1.29, 1.82) is 0 Å². The minimum atomic E-state index is 0.0225. The first kappa shape index (κ1) is 17.3. The van der Waals surface area contributed by atoms with Crippen LogP contribution in [0.15, 0.2) is 29.3 Å². The highest BCUT2D eigenvalue weighted by Gasteiger charge is 2.20. The molecule has 0 heterocycles. The molecular weight excluding hydrogens is 262 g/mol. The lowest BCUT2D eigenvalue weighted by Gasteiger charge is -2.27. The zero-order chi connectivity index (χ0) is 15.7. The number of rotatable bonds is 7. The fraction of sp³-hybridized carbons (Fsp3) is 0.588. The van der Waals surface area contributed by atoms with Gasteiger partial charge in [0.05, 0.1) is 7.11 Å². The van der Waals surface area contributed by atoms with Crippen LogP contribution in [0.3, 0.4) is 0 Å². The molecule has 4 nitrogen and oxygen atoms in total. The van der Waals surface area contributed by atoms with Crippen molar-refractivity contribution in [3.63, 3.8) is 0 Å². The van der Waals surface area contributed by atoms with Gasteiger partial charge in [0.1, 0.15) is 5.75 Å². The van der Waals surface area contributed by atoms with Crippen molar-refractivity contribution in [2.75, 3.05) is 27.2 Å². The molecule has 1 rings (SSSR count). The van der Waals surface area contributed by atoms with E-state index in [0.29, 0.717) is 0 Å². The second kappa shape index (κ2) is 8.55. The topological polar surface area (TPSA) is 45.7 Å². The van der Waals surface area contributed by atoms with Crippen LogP contribution in [0.25, 0.3) is 0 Å². The maximum atomic E-state index is 5.21. The molecule has 0 saturated heterocycles.